The average molecular weight is 254 g/mol. The van der Waals surface area contributed by atoms with Gasteiger partial charge in [0.2, 0.25) is 5.91 Å². The summed E-state index contributed by atoms with van der Waals surface area (Å²) in [4.78, 5) is 12.4. The number of nitrogens with two attached hydrogens (primary N) is 1. The molecule has 0 aromatic heterocycles. The van der Waals surface area contributed by atoms with Crippen molar-refractivity contribution < 1.29 is 9.53 Å². The molecular weight excluding hydrogens is 228 g/mol. The topological polar surface area (TPSA) is 64.4 Å². The molecule has 0 aromatic carbocycles. The highest BCUT2D eigenvalue weighted by Crippen LogP contribution is 2.35. The number of nitrogens with one attached hydrogen (secondary N) is 1. The van der Waals surface area contributed by atoms with Gasteiger partial charge in [-0.3, -0.25) is 4.79 Å². The lowest BCUT2D eigenvalue weighted by Gasteiger charge is -2.35. The predicted octanol–water partition coefficient (Wildman–Crippen LogP) is 1.58. The van der Waals surface area contributed by atoms with Gasteiger partial charge in [-0.1, -0.05) is 19.3 Å². The van der Waals surface area contributed by atoms with Gasteiger partial charge in [-0.2, -0.15) is 0 Å². The minimum atomic E-state index is -0.312. The van der Waals surface area contributed by atoms with Gasteiger partial charge in [0.15, 0.2) is 0 Å². The number of carbonyl (C=O) groups excluding carboxylic acids is 1. The maximum absolute atomic E-state index is 12.4. The number of hydrogen-bond donors (Lipinski definition) is 2. The Hall–Kier alpha value is -0.610. The fraction of sp³-hybridized carbons (Fsp3) is 0.929. The van der Waals surface area contributed by atoms with Crippen LogP contribution in [0.3, 0.4) is 0 Å². The van der Waals surface area contributed by atoms with Gasteiger partial charge in [0.1, 0.15) is 0 Å². The van der Waals surface area contributed by atoms with Crippen LogP contribution in [0, 0.1) is 5.41 Å². The van der Waals surface area contributed by atoms with E-state index in [1.54, 1.807) is 0 Å². The van der Waals surface area contributed by atoms with Crippen molar-refractivity contribution in [2.24, 2.45) is 11.1 Å². The van der Waals surface area contributed by atoms with Gasteiger partial charge in [-0.25, -0.2) is 0 Å². The van der Waals surface area contributed by atoms with Crippen molar-refractivity contribution in [2.75, 3.05) is 19.7 Å². The first-order valence-corrected chi connectivity index (χ1v) is 7.23. The third-order valence-corrected chi connectivity index (χ3v) is 4.61. The molecule has 0 bridgehead atoms. The summed E-state index contributed by atoms with van der Waals surface area (Å²) >= 11 is 0. The predicted molar refractivity (Wildman–Crippen MR) is 71.2 cm³/mol. The van der Waals surface area contributed by atoms with Crippen molar-refractivity contribution in [1.82, 2.24) is 5.32 Å². The van der Waals surface area contributed by atoms with Gasteiger partial charge < -0.3 is 15.8 Å². The number of amides is 1. The SMILES string of the molecule is CC1(CNC(=O)C2(CN)CCCCC2)CCCO1. The molecule has 1 saturated carbocycles. The second kappa shape index (κ2) is 5.57. The lowest BCUT2D eigenvalue weighted by atomic mass is 9.73. The van der Waals surface area contributed by atoms with Crippen LogP contribution in [0.25, 0.3) is 0 Å². The zero-order chi connectivity index (χ0) is 13.1. The van der Waals surface area contributed by atoms with E-state index in [0.29, 0.717) is 13.1 Å². The standard InChI is InChI=1S/C14H26N2O2/c1-13(6-5-9-18-13)11-16-12(17)14(10-15)7-3-2-4-8-14/h2-11,15H2,1H3,(H,16,17). The van der Waals surface area contributed by atoms with Gasteiger partial charge in [0.25, 0.3) is 0 Å². The normalized spacial score (nSPS) is 31.2. The first-order chi connectivity index (χ1) is 8.60. The van der Waals surface area contributed by atoms with E-state index in [1.807, 2.05) is 0 Å². The Labute approximate surface area is 110 Å². The van der Waals surface area contributed by atoms with Crippen LogP contribution in [0.15, 0.2) is 0 Å². The fourth-order valence-corrected chi connectivity index (χ4v) is 3.18. The van der Waals surface area contributed by atoms with Crippen LogP contribution in [0.1, 0.15) is 51.9 Å². The van der Waals surface area contributed by atoms with Gasteiger partial charge in [0, 0.05) is 19.7 Å². The zero-order valence-electron chi connectivity index (χ0n) is 11.5. The molecule has 2 fully saturated rings. The highest BCUT2D eigenvalue weighted by molar-refractivity contribution is 5.83. The molecule has 1 amide bonds. The number of rotatable bonds is 4. The largest absolute Gasteiger partial charge is 0.373 e. The van der Waals surface area contributed by atoms with Crippen LogP contribution in [-0.4, -0.2) is 31.2 Å². The molecule has 1 aliphatic carbocycles. The molecule has 1 saturated heterocycles. The lowest BCUT2D eigenvalue weighted by molar-refractivity contribution is -0.133. The van der Waals surface area contributed by atoms with Crippen LogP contribution in [0.2, 0.25) is 0 Å². The van der Waals surface area contributed by atoms with Gasteiger partial charge in [0.05, 0.1) is 11.0 Å². The van der Waals surface area contributed by atoms with Crippen molar-refractivity contribution in [3.63, 3.8) is 0 Å². The van der Waals surface area contributed by atoms with Crippen molar-refractivity contribution in [3.05, 3.63) is 0 Å². The lowest BCUT2D eigenvalue weighted by Crippen LogP contribution is -2.50. The number of ether oxygens (including phenoxy) is 1. The molecule has 2 aliphatic rings. The van der Waals surface area contributed by atoms with Crippen LogP contribution >= 0.6 is 0 Å². The van der Waals surface area contributed by atoms with Crippen LogP contribution in [0.5, 0.6) is 0 Å². The van der Waals surface area contributed by atoms with Crippen molar-refractivity contribution in [1.29, 1.82) is 0 Å². The fourth-order valence-electron chi connectivity index (χ4n) is 3.18. The molecule has 0 radical (unpaired) electrons. The maximum atomic E-state index is 12.4. The molecule has 1 aliphatic heterocycles. The van der Waals surface area contributed by atoms with Crippen molar-refractivity contribution >= 4 is 5.91 Å². The Morgan fingerprint density at radius 1 is 1.22 bits per heavy atom. The summed E-state index contributed by atoms with van der Waals surface area (Å²) in [7, 11) is 0. The van der Waals surface area contributed by atoms with E-state index in [-0.39, 0.29) is 16.9 Å². The van der Waals surface area contributed by atoms with Crippen molar-refractivity contribution in [3.8, 4) is 0 Å². The quantitative estimate of drug-likeness (QED) is 0.800. The second-order valence-electron chi connectivity index (χ2n) is 6.13. The molecular formula is C14H26N2O2. The van der Waals surface area contributed by atoms with Gasteiger partial charge in [-0.15, -0.1) is 0 Å². The number of carbonyl (C=O) groups is 1. The van der Waals surface area contributed by atoms with Crippen molar-refractivity contribution in [2.45, 2.75) is 57.5 Å². The summed E-state index contributed by atoms with van der Waals surface area (Å²) < 4.78 is 5.70. The van der Waals surface area contributed by atoms with E-state index in [4.69, 9.17) is 10.5 Å². The summed E-state index contributed by atoms with van der Waals surface area (Å²) in [5.41, 5.74) is 5.38. The van der Waals surface area contributed by atoms with Crippen LogP contribution in [-0.2, 0) is 9.53 Å². The summed E-state index contributed by atoms with van der Waals surface area (Å²) in [5, 5.41) is 3.08. The molecule has 104 valence electrons. The molecule has 2 rings (SSSR count). The Morgan fingerprint density at radius 3 is 2.50 bits per heavy atom. The molecule has 0 spiro atoms. The van der Waals surface area contributed by atoms with Crippen LogP contribution < -0.4 is 11.1 Å². The van der Waals surface area contributed by atoms with E-state index >= 15 is 0 Å². The summed E-state index contributed by atoms with van der Waals surface area (Å²) in [6.45, 7) is 3.98. The Balaban J connectivity index is 1.89. The van der Waals surface area contributed by atoms with E-state index in [0.717, 1.165) is 45.1 Å². The van der Waals surface area contributed by atoms with E-state index in [1.165, 1.54) is 6.42 Å². The Kier molecular flexibility index (Phi) is 4.28. The molecule has 4 heteroatoms. The highest BCUT2D eigenvalue weighted by Gasteiger charge is 2.39. The van der Waals surface area contributed by atoms with Gasteiger partial charge >= 0.3 is 0 Å². The molecule has 1 unspecified atom stereocenters. The molecule has 18 heavy (non-hydrogen) atoms. The van der Waals surface area contributed by atoms with E-state index in [9.17, 15) is 4.79 Å². The Bertz CT molecular complexity index is 292. The third kappa shape index (κ3) is 2.86. The zero-order valence-corrected chi connectivity index (χ0v) is 11.5. The van der Waals surface area contributed by atoms with E-state index < -0.39 is 0 Å². The second-order valence-corrected chi connectivity index (χ2v) is 6.13. The first kappa shape index (κ1) is 13.8. The molecule has 1 atom stereocenters. The van der Waals surface area contributed by atoms with Gasteiger partial charge in [-0.05, 0) is 32.6 Å². The highest BCUT2D eigenvalue weighted by atomic mass is 16.5. The number of hydrogen-bond acceptors (Lipinski definition) is 3. The Morgan fingerprint density at radius 2 is 1.94 bits per heavy atom. The minimum Gasteiger partial charge on any atom is -0.373 e. The monoisotopic (exact) mass is 254 g/mol. The summed E-state index contributed by atoms with van der Waals surface area (Å²) in [6.07, 6.45) is 7.48. The summed E-state index contributed by atoms with van der Waals surface area (Å²) in [5.74, 6) is 0.140. The van der Waals surface area contributed by atoms with E-state index in [2.05, 4.69) is 12.2 Å². The smallest absolute Gasteiger partial charge is 0.227 e. The van der Waals surface area contributed by atoms with Crippen LogP contribution in [0.4, 0.5) is 0 Å². The molecule has 3 N–H and O–H groups in total. The first-order valence-electron chi connectivity index (χ1n) is 7.23. The molecule has 1 heterocycles. The third-order valence-electron chi connectivity index (χ3n) is 4.61. The summed E-state index contributed by atoms with van der Waals surface area (Å²) in [6, 6.07) is 0. The molecule has 4 nitrogen and oxygen atoms in total. The maximum Gasteiger partial charge on any atom is 0.227 e. The minimum absolute atomic E-state index is 0.140. The average Bonchev–Trinajstić information content (AvgIpc) is 2.84. The molecule has 0 aromatic rings.